The van der Waals surface area contributed by atoms with Crippen LogP contribution in [-0.4, -0.2) is 44.2 Å². The molecule has 1 saturated carbocycles. The molecule has 2 heterocycles. The molecule has 2 aliphatic heterocycles. The topological polar surface area (TPSA) is 68.4 Å². The maximum absolute atomic E-state index is 12.5. The standard InChI is InChI=1S/C27H36ClN5O/c28-22-9-5-19(6-10-22)26-21(18-30-32-26)17-29-23-13-15-33(16-14-23)25-11-7-20(8-12-25)27(34)31-24-3-1-2-4-24/h5-12,21,23-24,26,29-30,32H,1-4,13-18H2,(H,31,34). The van der Waals surface area contributed by atoms with Crippen LogP contribution in [0.2, 0.25) is 5.02 Å². The number of hydrogen-bond donors (Lipinski definition) is 4. The normalized spacial score (nSPS) is 24.0. The van der Waals surface area contributed by atoms with Crippen LogP contribution >= 0.6 is 11.6 Å². The molecule has 1 aliphatic carbocycles. The first kappa shape index (κ1) is 23.6. The van der Waals surface area contributed by atoms with Crippen molar-refractivity contribution in [1.82, 2.24) is 21.5 Å². The molecule has 2 aromatic carbocycles. The van der Waals surface area contributed by atoms with E-state index in [1.54, 1.807) is 0 Å². The smallest absolute Gasteiger partial charge is 0.251 e. The maximum Gasteiger partial charge on any atom is 0.251 e. The quantitative estimate of drug-likeness (QED) is 0.480. The Morgan fingerprint density at radius 2 is 1.65 bits per heavy atom. The lowest BCUT2D eigenvalue weighted by Crippen LogP contribution is -2.44. The highest BCUT2D eigenvalue weighted by Crippen LogP contribution is 2.27. The van der Waals surface area contributed by atoms with Gasteiger partial charge in [0.05, 0.1) is 6.04 Å². The molecule has 2 atom stereocenters. The average molecular weight is 482 g/mol. The highest BCUT2D eigenvalue weighted by Gasteiger charge is 2.29. The van der Waals surface area contributed by atoms with Gasteiger partial charge in [-0.3, -0.25) is 10.2 Å². The van der Waals surface area contributed by atoms with Crippen LogP contribution in [0.4, 0.5) is 5.69 Å². The minimum atomic E-state index is 0.0640. The number of anilines is 1. The number of carbonyl (C=O) groups excluding carboxylic acids is 1. The predicted molar refractivity (Wildman–Crippen MR) is 138 cm³/mol. The molecule has 1 amide bonds. The summed E-state index contributed by atoms with van der Waals surface area (Å²) in [6, 6.07) is 17.5. The number of amides is 1. The van der Waals surface area contributed by atoms with Gasteiger partial charge in [0, 0.05) is 60.5 Å². The van der Waals surface area contributed by atoms with Crippen molar-refractivity contribution in [3.63, 3.8) is 0 Å². The van der Waals surface area contributed by atoms with Crippen LogP contribution in [-0.2, 0) is 0 Å². The van der Waals surface area contributed by atoms with E-state index in [9.17, 15) is 4.79 Å². The van der Waals surface area contributed by atoms with Gasteiger partial charge in [0.15, 0.2) is 0 Å². The number of carbonyl (C=O) groups is 1. The Hall–Kier alpha value is -2.12. The minimum Gasteiger partial charge on any atom is -0.371 e. The number of hydrogen-bond acceptors (Lipinski definition) is 5. The Labute approximate surface area is 207 Å². The van der Waals surface area contributed by atoms with E-state index in [-0.39, 0.29) is 5.91 Å². The summed E-state index contributed by atoms with van der Waals surface area (Å²) in [6.45, 7) is 4.02. The molecular formula is C27H36ClN5O. The molecule has 3 aliphatic rings. The molecule has 2 saturated heterocycles. The van der Waals surface area contributed by atoms with Gasteiger partial charge in [-0.1, -0.05) is 36.6 Å². The van der Waals surface area contributed by atoms with Crippen LogP contribution in [0.5, 0.6) is 0 Å². The predicted octanol–water partition coefficient (Wildman–Crippen LogP) is 4.04. The number of benzene rings is 2. The van der Waals surface area contributed by atoms with Crippen LogP contribution in [0.3, 0.4) is 0 Å². The number of nitrogens with zero attached hydrogens (tertiary/aromatic N) is 1. The van der Waals surface area contributed by atoms with E-state index >= 15 is 0 Å². The first-order chi connectivity index (χ1) is 16.7. The molecule has 3 fully saturated rings. The Morgan fingerprint density at radius 1 is 0.941 bits per heavy atom. The summed E-state index contributed by atoms with van der Waals surface area (Å²) in [5.41, 5.74) is 10.00. The fourth-order valence-electron chi connectivity index (χ4n) is 5.57. The first-order valence-corrected chi connectivity index (χ1v) is 13.2. The highest BCUT2D eigenvalue weighted by molar-refractivity contribution is 6.30. The van der Waals surface area contributed by atoms with Crippen LogP contribution in [0.25, 0.3) is 0 Å². The van der Waals surface area contributed by atoms with E-state index in [4.69, 9.17) is 11.6 Å². The zero-order chi connectivity index (χ0) is 23.3. The number of nitrogens with one attached hydrogen (secondary N) is 4. The largest absolute Gasteiger partial charge is 0.371 e. The highest BCUT2D eigenvalue weighted by atomic mass is 35.5. The lowest BCUT2D eigenvalue weighted by molar-refractivity contribution is 0.0938. The zero-order valence-corrected chi connectivity index (χ0v) is 20.5. The summed E-state index contributed by atoms with van der Waals surface area (Å²) in [4.78, 5) is 14.9. The number of halogens is 1. The number of hydrazine groups is 1. The third-order valence-corrected chi connectivity index (χ3v) is 7.92. The maximum atomic E-state index is 12.5. The fraction of sp³-hybridized carbons (Fsp3) is 0.519. The van der Waals surface area contributed by atoms with E-state index in [0.29, 0.717) is 24.0 Å². The molecule has 4 N–H and O–H groups in total. The van der Waals surface area contributed by atoms with Crippen LogP contribution in [0.1, 0.15) is 60.5 Å². The number of piperidine rings is 1. The van der Waals surface area contributed by atoms with Crippen LogP contribution in [0, 0.1) is 5.92 Å². The van der Waals surface area contributed by atoms with Crippen molar-refractivity contribution in [1.29, 1.82) is 0 Å². The van der Waals surface area contributed by atoms with Crippen molar-refractivity contribution in [3.05, 3.63) is 64.7 Å². The molecule has 7 heteroatoms. The van der Waals surface area contributed by atoms with Crippen molar-refractivity contribution < 1.29 is 4.79 Å². The van der Waals surface area contributed by atoms with E-state index in [1.807, 2.05) is 24.3 Å². The molecule has 2 aromatic rings. The Kier molecular flexibility index (Phi) is 7.70. The zero-order valence-electron chi connectivity index (χ0n) is 19.7. The van der Waals surface area contributed by atoms with Gasteiger partial charge in [0.1, 0.15) is 0 Å². The van der Waals surface area contributed by atoms with Gasteiger partial charge in [-0.25, -0.2) is 5.43 Å². The van der Waals surface area contributed by atoms with E-state index in [0.717, 1.165) is 62.4 Å². The summed E-state index contributed by atoms with van der Waals surface area (Å²) in [6.07, 6.45) is 6.94. The van der Waals surface area contributed by atoms with Gasteiger partial charge in [-0.05, 0) is 67.6 Å². The van der Waals surface area contributed by atoms with E-state index in [1.165, 1.54) is 24.1 Å². The molecular weight excluding hydrogens is 446 g/mol. The second-order valence-corrected chi connectivity index (χ2v) is 10.4. The second kappa shape index (κ2) is 11.1. The van der Waals surface area contributed by atoms with Crippen molar-refractivity contribution >= 4 is 23.2 Å². The third kappa shape index (κ3) is 5.74. The van der Waals surface area contributed by atoms with Gasteiger partial charge >= 0.3 is 0 Å². The summed E-state index contributed by atoms with van der Waals surface area (Å²) in [5.74, 6) is 0.566. The molecule has 0 bridgehead atoms. The van der Waals surface area contributed by atoms with Crippen LogP contribution < -0.4 is 26.4 Å². The Bertz CT molecular complexity index is 936. The number of rotatable bonds is 7. The lowest BCUT2D eigenvalue weighted by atomic mass is 9.94. The summed E-state index contributed by atoms with van der Waals surface area (Å²) >= 11 is 6.06. The van der Waals surface area contributed by atoms with E-state index in [2.05, 4.69) is 50.7 Å². The minimum absolute atomic E-state index is 0.0640. The molecule has 5 rings (SSSR count). The molecule has 2 unspecified atom stereocenters. The van der Waals surface area contributed by atoms with Gasteiger partial charge < -0.3 is 15.5 Å². The Morgan fingerprint density at radius 3 is 2.35 bits per heavy atom. The van der Waals surface area contributed by atoms with Gasteiger partial charge in [0.25, 0.3) is 5.91 Å². The molecule has 34 heavy (non-hydrogen) atoms. The second-order valence-electron chi connectivity index (χ2n) is 9.99. The molecule has 0 radical (unpaired) electrons. The molecule has 6 nitrogen and oxygen atoms in total. The summed E-state index contributed by atoms with van der Waals surface area (Å²) in [7, 11) is 0. The average Bonchev–Trinajstić information content (AvgIpc) is 3.56. The van der Waals surface area contributed by atoms with Crippen LogP contribution in [0.15, 0.2) is 48.5 Å². The van der Waals surface area contributed by atoms with Crippen molar-refractivity contribution in [2.75, 3.05) is 31.1 Å². The summed E-state index contributed by atoms with van der Waals surface area (Å²) in [5, 5.41) is 7.77. The first-order valence-electron chi connectivity index (χ1n) is 12.8. The molecule has 0 spiro atoms. The lowest BCUT2D eigenvalue weighted by Gasteiger charge is -2.35. The van der Waals surface area contributed by atoms with Crippen molar-refractivity contribution in [3.8, 4) is 0 Å². The van der Waals surface area contributed by atoms with Gasteiger partial charge in [-0.2, -0.15) is 0 Å². The Balaban J connectivity index is 1.07. The van der Waals surface area contributed by atoms with Gasteiger partial charge in [0.2, 0.25) is 0 Å². The third-order valence-electron chi connectivity index (χ3n) is 7.67. The van der Waals surface area contributed by atoms with Crippen molar-refractivity contribution in [2.45, 2.75) is 56.7 Å². The fourth-order valence-corrected chi connectivity index (χ4v) is 5.70. The summed E-state index contributed by atoms with van der Waals surface area (Å²) < 4.78 is 0. The molecule has 182 valence electrons. The SMILES string of the molecule is O=C(NC1CCCC1)c1ccc(N2CCC(NCC3CNNC3c3ccc(Cl)cc3)CC2)cc1. The van der Waals surface area contributed by atoms with Gasteiger partial charge in [-0.15, -0.1) is 0 Å². The van der Waals surface area contributed by atoms with E-state index < -0.39 is 0 Å². The monoisotopic (exact) mass is 481 g/mol. The van der Waals surface area contributed by atoms with Crippen molar-refractivity contribution in [2.24, 2.45) is 5.92 Å². The molecule has 0 aromatic heterocycles.